The fourth-order valence-corrected chi connectivity index (χ4v) is 4.60. The zero-order valence-electron chi connectivity index (χ0n) is 13.5. The average Bonchev–Trinajstić information content (AvgIpc) is 3.06. The SMILES string of the molecule is O=S(=O)(NC1CCNC1)c1ccc(OCC2CCCCC2)cc1. The standard InChI is InChI=1S/C17H26N2O3S/c20-23(21,19-15-10-11-18-12-15)17-8-6-16(7-9-17)22-13-14-4-2-1-3-5-14/h6-9,14-15,18-19H,1-5,10-13H2. The second kappa shape index (κ2) is 7.64. The van der Waals surface area contributed by atoms with Gasteiger partial charge in [0.25, 0.3) is 0 Å². The topological polar surface area (TPSA) is 67.4 Å². The summed E-state index contributed by atoms with van der Waals surface area (Å²) in [7, 11) is -3.44. The van der Waals surface area contributed by atoms with Crippen molar-refractivity contribution >= 4 is 10.0 Å². The van der Waals surface area contributed by atoms with Gasteiger partial charge in [0, 0.05) is 12.6 Å². The molecule has 1 heterocycles. The van der Waals surface area contributed by atoms with E-state index >= 15 is 0 Å². The first-order valence-corrected chi connectivity index (χ1v) is 10.1. The summed E-state index contributed by atoms with van der Waals surface area (Å²) >= 11 is 0. The Balaban J connectivity index is 1.55. The van der Waals surface area contributed by atoms with Crippen LogP contribution in [0.3, 0.4) is 0 Å². The lowest BCUT2D eigenvalue weighted by molar-refractivity contribution is 0.209. The second-order valence-electron chi connectivity index (χ2n) is 6.60. The maximum absolute atomic E-state index is 12.3. The highest BCUT2D eigenvalue weighted by atomic mass is 32.2. The van der Waals surface area contributed by atoms with E-state index in [1.165, 1.54) is 32.1 Å². The molecule has 1 aromatic rings. The van der Waals surface area contributed by atoms with Crippen molar-refractivity contribution in [2.75, 3.05) is 19.7 Å². The highest BCUT2D eigenvalue weighted by molar-refractivity contribution is 7.89. The predicted octanol–water partition coefficient (Wildman–Crippen LogP) is 2.29. The van der Waals surface area contributed by atoms with Crippen LogP contribution < -0.4 is 14.8 Å². The number of sulfonamides is 1. The fraction of sp³-hybridized carbons (Fsp3) is 0.647. The van der Waals surface area contributed by atoms with Crippen molar-refractivity contribution in [3.8, 4) is 5.75 Å². The third-order valence-corrected chi connectivity index (χ3v) is 6.26. The molecule has 1 unspecified atom stereocenters. The van der Waals surface area contributed by atoms with E-state index < -0.39 is 10.0 Å². The van der Waals surface area contributed by atoms with E-state index in [2.05, 4.69) is 10.0 Å². The van der Waals surface area contributed by atoms with Crippen molar-refractivity contribution in [3.05, 3.63) is 24.3 Å². The molecule has 2 N–H and O–H groups in total. The molecule has 2 fully saturated rings. The number of hydrogen-bond acceptors (Lipinski definition) is 4. The number of benzene rings is 1. The van der Waals surface area contributed by atoms with Crippen LogP contribution in [0.15, 0.2) is 29.2 Å². The first-order valence-electron chi connectivity index (χ1n) is 8.59. The molecule has 1 saturated carbocycles. The Kier molecular flexibility index (Phi) is 5.56. The lowest BCUT2D eigenvalue weighted by Gasteiger charge is -2.21. The van der Waals surface area contributed by atoms with Gasteiger partial charge >= 0.3 is 0 Å². The lowest BCUT2D eigenvalue weighted by atomic mass is 9.90. The second-order valence-corrected chi connectivity index (χ2v) is 8.31. The molecule has 0 amide bonds. The molecule has 3 rings (SSSR count). The fourth-order valence-electron chi connectivity index (χ4n) is 3.33. The third-order valence-electron chi connectivity index (χ3n) is 4.73. The zero-order valence-corrected chi connectivity index (χ0v) is 14.3. The summed E-state index contributed by atoms with van der Waals surface area (Å²) in [6.07, 6.45) is 7.26. The Morgan fingerprint density at radius 1 is 1.09 bits per heavy atom. The summed E-state index contributed by atoms with van der Waals surface area (Å²) in [5.74, 6) is 1.39. The van der Waals surface area contributed by atoms with Crippen LogP contribution >= 0.6 is 0 Å². The van der Waals surface area contributed by atoms with E-state index in [4.69, 9.17) is 4.74 Å². The molecule has 2 aliphatic rings. The van der Waals surface area contributed by atoms with E-state index in [0.717, 1.165) is 25.3 Å². The molecule has 6 heteroatoms. The smallest absolute Gasteiger partial charge is 0.240 e. The maximum Gasteiger partial charge on any atom is 0.240 e. The molecule has 1 aliphatic carbocycles. The van der Waals surface area contributed by atoms with Crippen LogP contribution in [0.2, 0.25) is 0 Å². The van der Waals surface area contributed by atoms with Gasteiger partial charge in [-0.25, -0.2) is 13.1 Å². The number of nitrogens with one attached hydrogen (secondary N) is 2. The largest absolute Gasteiger partial charge is 0.493 e. The minimum atomic E-state index is -3.44. The predicted molar refractivity (Wildman–Crippen MR) is 90.1 cm³/mol. The molecule has 0 radical (unpaired) electrons. The molecule has 128 valence electrons. The summed E-state index contributed by atoms with van der Waals surface area (Å²) in [6.45, 7) is 2.29. The van der Waals surface area contributed by atoms with E-state index in [-0.39, 0.29) is 6.04 Å². The molecule has 1 aliphatic heterocycles. The van der Waals surface area contributed by atoms with Crippen LogP contribution in [0, 0.1) is 5.92 Å². The van der Waals surface area contributed by atoms with Crippen molar-refractivity contribution in [2.24, 2.45) is 5.92 Å². The normalized spacial score (nSPS) is 23.0. The van der Waals surface area contributed by atoms with Gasteiger partial charge in [0.15, 0.2) is 0 Å². The Morgan fingerprint density at radius 3 is 2.48 bits per heavy atom. The highest BCUT2D eigenvalue weighted by Gasteiger charge is 2.22. The summed E-state index contributed by atoms with van der Waals surface area (Å²) in [4.78, 5) is 0.300. The quantitative estimate of drug-likeness (QED) is 0.835. The third kappa shape index (κ3) is 4.68. The van der Waals surface area contributed by atoms with E-state index in [1.54, 1.807) is 24.3 Å². The Labute approximate surface area is 138 Å². The molecule has 1 atom stereocenters. The van der Waals surface area contributed by atoms with Gasteiger partial charge in [-0.2, -0.15) is 0 Å². The van der Waals surface area contributed by atoms with Crippen LogP contribution in [0.4, 0.5) is 0 Å². The molecular weight excluding hydrogens is 312 g/mol. The summed E-state index contributed by atoms with van der Waals surface area (Å²) in [6, 6.07) is 6.75. The van der Waals surface area contributed by atoms with Crippen molar-refractivity contribution < 1.29 is 13.2 Å². The molecule has 0 spiro atoms. The van der Waals surface area contributed by atoms with Crippen molar-refractivity contribution in [1.29, 1.82) is 0 Å². The monoisotopic (exact) mass is 338 g/mol. The van der Waals surface area contributed by atoms with Crippen LogP contribution in [-0.2, 0) is 10.0 Å². The van der Waals surface area contributed by atoms with Crippen LogP contribution in [0.25, 0.3) is 0 Å². The number of ether oxygens (including phenoxy) is 1. The van der Waals surface area contributed by atoms with Gasteiger partial charge in [-0.15, -0.1) is 0 Å². The molecule has 5 nitrogen and oxygen atoms in total. The van der Waals surface area contributed by atoms with Crippen molar-refractivity contribution in [2.45, 2.75) is 49.5 Å². The molecule has 0 aromatic heterocycles. The summed E-state index contributed by atoms with van der Waals surface area (Å²) < 4.78 is 33.2. The van der Waals surface area contributed by atoms with Crippen molar-refractivity contribution in [3.63, 3.8) is 0 Å². The number of hydrogen-bond donors (Lipinski definition) is 2. The Morgan fingerprint density at radius 2 is 1.83 bits per heavy atom. The van der Waals surface area contributed by atoms with Gasteiger partial charge in [-0.1, -0.05) is 19.3 Å². The summed E-state index contributed by atoms with van der Waals surface area (Å²) in [5.41, 5.74) is 0. The highest BCUT2D eigenvalue weighted by Crippen LogP contribution is 2.25. The van der Waals surface area contributed by atoms with E-state index in [1.807, 2.05) is 0 Å². The van der Waals surface area contributed by atoms with Gasteiger partial charge in [-0.3, -0.25) is 0 Å². The van der Waals surface area contributed by atoms with Gasteiger partial charge in [0.2, 0.25) is 10.0 Å². The van der Waals surface area contributed by atoms with Crippen LogP contribution in [0.5, 0.6) is 5.75 Å². The van der Waals surface area contributed by atoms with Gasteiger partial charge in [0.05, 0.1) is 11.5 Å². The van der Waals surface area contributed by atoms with Gasteiger partial charge in [-0.05, 0) is 56.0 Å². The van der Waals surface area contributed by atoms with E-state index in [0.29, 0.717) is 17.4 Å². The molecule has 23 heavy (non-hydrogen) atoms. The first-order chi connectivity index (χ1) is 11.1. The lowest BCUT2D eigenvalue weighted by Crippen LogP contribution is -2.36. The van der Waals surface area contributed by atoms with Crippen LogP contribution in [-0.4, -0.2) is 34.2 Å². The van der Waals surface area contributed by atoms with Gasteiger partial charge < -0.3 is 10.1 Å². The Bertz CT molecular complexity index is 589. The molecule has 1 aromatic carbocycles. The molecular formula is C17H26N2O3S. The molecule has 0 bridgehead atoms. The minimum Gasteiger partial charge on any atom is -0.493 e. The van der Waals surface area contributed by atoms with Gasteiger partial charge in [0.1, 0.15) is 5.75 Å². The minimum absolute atomic E-state index is 0.0118. The maximum atomic E-state index is 12.3. The van der Waals surface area contributed by atoms with Crippen LogP contribution in [0.1, 0.15) is 38.5 Å². The molecule has 1 saturated heterocycles. The number of rotatable bonds is 6. The summed E-state index contributed by atoms with van der Waals surface area (Å²) in [5, 5.41) is 3.16. The first kappa shape index (κ1) is 16.7. The van der Waals surface area contributed by atoms with Crippen molar-refractivity contribution in [1.82, 2.24) is 10.0 Å². The zero-order chi connectivity index (χ0) is 16.1. The average molecular weight is 338 g/mol. The Hall–Kier alpha value is -1.11. The van der Waals surface area contributed by atoms with E-state index in [9.17, 15) is 8.42 Å².